The van der Waals surface area contributed by atoms with E-state index >= 15 is 0 Å². The highest BCUT2D eigenvalue weighted by atomic mass is 16.5. The first-order valence-corrected chi connectivity index (χ1v) is 7.92. The van der Waals surface area contributed by atoms with Gasteiger partial charge in [0.15, 0.2) is 12.3 Å². The Morgan fingerprint density at radius 1 is 1.36 bits per heavy atom. The number of aliphatic hydroxyl groups excluding tert-OH is 1. The highest BCUT2D eigenvalue weighted by Gasteiger charge is 2.29. The van der Waals surface area contributed by atoms with Crippen LogP contribution in [0.4, 0.5) is 0 Å². The number of aromatic nitrogens is 1. The normalized spacial score (nSPS) is 17.4. The van der Waals surface area contributed by atoms with Crippen LogP contribution in [0.25, 0.3) is 0 Å². The van der Waals surface area contributed by atoms with Crippen molar-refractivity contribution in [2.24, 2.45) is 0 Å². The number of rotatable bonds is 6. The molecule has 8 heteroatoms. The molecule has 1 aromatic heterocycles. The summed E-state index contributed by atoms with van der Waals surface area (Å²) in [5.74, 6) is 1.38. The van der Waals surface area contributed by atoms with E-state index in [4.69, 9.17) is 18.6 Å². The van der Waals surface area contributed by atoms with Gasteiger partial charge in [0.1, 0.15) is 17.8 Å². The average Bonchev–Trinajstić information content (AvgIpc) is 3.15. The van der Waals surface area contributed by atoms with Crippen molar-refractivity contribution in [3.05, 3.63) is 42.1 Å². The third kappa shape index (κ3) is 4.09. The molecule has 25 heavy (non-hydrogen) atoms. The molecule has 0 aliphatic carbocycles. The second kappa shape index (κ2) is 8.00. The molecule has 1 saturated heterocycles. The zero-order valence-corrected chi connectivity index (χ0v) is 13.9. The van der Waals surface area contributed by atoms with Gasteiger partial charge in [0, 0.05) is 6.54 Å². The van der Waals surface area contributed by atoms with Gasteiger partial charge in [-0.05, 0) is 24.3 Å². The third-order valence-corrected chi connectivity index (χ3v) is 3.89. The maximum Gasteiger partial charge on any atom is 0.276 e. The molecular weight excluding hydrogens is 328 g/mol. The fourth-order valence-electron chi connectivity index (χ4n) is 2.51. The zero-order chi connectivity index (χ0) is 17.6. The lowest BCUT2D eigenvalue weighted by Gasteiger charge is -2.33. The Hall–Kier alpha value is -2.58. The number of hydrogen-bond donors (Lipinski definition) is 1. The number of oxazole rings is 1. The van der Waals surface area contributed by atoms with Crippen LogP contribution in [0, 0.1) is 0 Å². The Labute approximate surface area is 144 Å². The predicted octanol–water partition coefficient (Wildman–Crippen LogP) is 1.10. The third-order valence-electron chi connectivity index (χ3n) is 3.89. The Balaban J connectivity index is 1.60. The predicted molar refractivity (Wildman–Crippen MR) is 86.6 cm³/mol. The fourth-order valence-corrected chi connectivity index (χ4v) is 2.51. The molecule has 0 spiro atoms. The highest BCUT2D eigenvalue weighted by molar-refractivity contribution is 5.92. The molecule has 1 amide bonds. The van der Waals surface area contributed by atoms with E-state index in [0.29, 0.717) is 31.4 Å². The van der Waals surface area contributed by atoms with Gasteiger partial charge in [0.2, 0.25) is 5.89 Å². The number of morpholine rings is 1. The van der Waals surface area contributed by atoms with Crippen LogP contribution >= 0.6 is 0 Å². The number of carbonyl (C=O) groups excluding carboxylic acids is 1. The second-order valence-electron chi connectivity index (χ2n) is 5.50. The average molecular weight is 348 g/mol. The summed E-state index contributed by atoms with van der Waals surface area (Å²) in [6, 6.07) is 6.75. The molecule has 1 aliphatic heterocycles. The molecular formula is C17H20N2O6. The SMILES string of the molecule is COc1ccc(OCc2nc(C(=O)N3CCOC[C@@H]3CO)co2)cc1. The summed E-state index contributed by atoms with van der Waals surface area (Å²) in [5.41, 5.74) is 0.189. The van der Waals surface area contributed by atoms with Crippen LogP contribution in [0.1, 0.15) is 16.4 Å². The summed E-state index contributed by atoms with van der Waals surface area (Å²) in [5, 5.41) is 9.36. The van der Waals surface area contributed by atoms with Gasteiger partial charge >= 0.3 is 0 Å². The van der Waals surface area contributed by atoms with Crippen LogP contribution in [0.2, 0.25) is 0 Å². The van der Waals surface area contributed by atoms with Crippen molar-refractivity contribution in [2.75, 3.05) is 33.5 Å². The molecule has 2 aromatic rings. The van der Waals surface area contributed by atoms with Gasteiger partial charge in [-0.2, -0.15) is 0 Å². The number of nitrogens with zero attached hydrogens (tertiary/aromatic N) is 2. The number of aliphatic hydroxyl groups is 1. The summed E-state index contributed by atoms with van der Waals surface area (Å²) >= 11 is 0. The summed E-state index contributed by atoms with van der Waals surface area (Å²) in [6.07, 6.45) is 1.30. The van der Waals surface area contributed by atoms with Gasteiger partial charge in [0.25, 0.3) is 5.91 Å². The first-order chi connectivity index (χ1) is 12.2. The molecule has 0 saturated carbocycles. The number of methoxy groups -OCH3 is 1. The smallest absolute Gasteiger partial charge is 0.276 e. The molecule has 1 fully saturated rings. The lowest BCUT2D eigenvalue weighted by molar-refractivity contribution is -0.0186. The van der Waals surface area contributed by atoms with E-state index in [-0.39, 0.29) is 30.9 Å². The monoisotopic (exact) mass is 348 g/mol. The topological polar surface area (TPSA) is 94.3 Å². The zero-order valence-electron chi connectivity index (χ0n) is 13.9. The number of amides is 1. The molecule has 3 rings (SSSR count). The van der Waals surface area contributed by atoms with Gasteiger partial charge in [-0.25, -0.2) is 4.98 Å². The Bertz CT molecular complexity index is 699. The van der Waals surface area contributed by atoms with Crippen molar-refractivity contribution < 1.29 is 28.5 Å². The molecule has 1 N–H and O–H groups in total. The molecule has 0 bridgehead atoms. The molecule has 2 heterocycles. The van der Waals surface area contributed by atoms with Crippen molar-refractivity contribution in [2.45, 2.75) is 12.6 Å². The first-order valence-electron chi connectivity index (χ1n) is 7.92. The molecule has 1 aromatic carbocycles. The number of benzene rings is 1. The number of hydrogen-bond acceptors (Lipinski definition) is 7. The minimum absolute atomic E-state index is 0.103. The Morgan fingerprint density at radius 2 is 2.12 bits per heavy atom. The van der Waals surface area contributed by atoms with Gasteiger partial charge in [-0.1, -0.05) is 0 Å². The van der Waals surface area contributed by atoms with Crippen LogP contribution in [-0.4, -0.2) is 60.4 Å². The maximum absolute atomic E-state index is 12.5. The van der Waals surface area contributed by atoms with Gasteiger partial charge in [-0.3, -0.25) is 4.79 Å². The summed E-state index contributed by atoms with van der Waals surface area (Å²) < 4.78 is 21.2. The highest BCUT2D eigenvalue weighted by Crippen LogP contribution is 2.18. The van der Waals surface area contributed by atoms with Crippen LogP contribution in [0.3, 0.4) is 0 Å². The van der Waals surface area contributed by atoms with Gasteiger partial charge in [-0.15, -0.1) is 0 Å². The number of ether oxygens (including phenoxy) is 3. The molecule has 0 radical (unpaired) electrons. The lowest BCUT2D eigenvalue weighted by Crippen LogP contribution is -2.50. The van der Waals surface area contributed by atoms with E-state index in [2.05, 4.69) is 4.98 Å². The summed E-state index contributed by atoms with van der Waals surface area (Å²) in [4.78, 5) is 18.2. The van der Waals surface area contributed by atoms with Crippen molar-refractivity contribution in [1.29, 1.82) is 0 Å². The molecule has 0 unspecified atom stereocenters. The largest absolute Gasteiger partial charge is 0.497 e. The molecule has 8 nitrogen and oxygen atoms in total. The minimum Gasteiger partial charge on any atom is -0.497 e. The van der Waals surface area contributed by atoms with Crippen LogP contribution in [0.15, 0.2) is 34.9 Å². The fraction of sp³-hybridized carbons (Fsp3) is 0.412. The van der Waals surface area contributed by atoms with E-state index in [1.807, 2.05) is 0 Å². The van der Waals surface area contributed by atoms with E-state index in [0.717, 1.165) is 5.75 Å². The maximum atomic E-state index is 12.5. The molecule has 1 atom stereocenters. The van der Waals surface area contributed by atoms with E-state index in [1.165, 1.54) is 6.26 Å². The van der Waals surface area contributed by atoms with Crippen LogP contribution in [-0.2, 0) is 11.3 Å². The summed E-state index contributed by atoms with van der Waals surface area (Å²) in [6.45, 7) is 1.11. The van der Waals surface area contributed by atoms with Gasteiger partial charge < -0.3 is 28.6 Å². The van der Waals surface area contributed by atoms with E-state index in [9.17, 15) is 9.90 Å². The quantitative estimate of drug-likeness (QED) is 0.835. The van der Waals surface area contributed by atoms with E-state index in [1.54, 1.807) is 36.3 Å². The van der Waals surface area contributed by atoms with Crippen LogP contribution < -0.4 is 9.47 Å². The van der Waals surface area contributed by atoms with Gasteiger partial charge in [0.05, 0.1) is 33.0 Å². The van der Waals surface area contributed by atoms with Crippen molar-refractivity contribution in [3.63, 3.8) is 0 Å². The minimum atomic E-state index is -0.364. The number of carbonyl (C=O) groups is 1. The lowest BCUT2D eigenvalue weighted by atomic mass is 10.2. The molecule has 134 valence electrons. The second-order valence-corrected chi connectivity index (χ2v) is 5.50. The first kappa shape index (κ1) is 17.2. The standard InChI is InChI=1S/C17H20N2O6/c1-22-13-2-4-14(5-3-13)24-11-16-18-15(10-25-16)17(21)19-6-7-23-9-12(19)8-20/h2-5,10,12,20H,6-9,11H2,1H3/t12-/m0/s1. The van der Waals surface area contributed by atoms with E-state index < -0.39 is 0 Å². The Morgan fingerprint density at radius 3 is 2.84 bits per heavy atom. The Kier molecular flexibility index (Phi) is 5.52. The summed E-state index contributed by atoms with van der Waals surface area (Å²) in [7, 11) is 1.59. The van der Waals surface area contributed by atoms with Crippen LogP contribution in [0.5, 0.6) is 11.5 Å². The van der Waals surface area contributed by atoms with Crippen molar-refractivity contribution >= 4 is 5.91 Å². The molecule has 1 aliphatic rings. The van der Waals surface area contributed by atoms with Crippen molar-refractivity contribution in [1.82, 2.24) is 9.88 Å². The van der Waals surface area contributed by atoms with Crippen molar-refractivity contribution in [3.8, 4) is 11.5 Å².